The predicted octanol–water partition coefficient (Wildman–Crippen LogP) is 0.146. The van der Waals surface area contributed by atoms with Crippen LogP contribution in [-0.4, -0.2) is 30.2 Å². The second-order valence-electron chi connectivity index (χ2n) is 3.69. The summed E-state index contributed by atoms with van der Waals surface area (Å²) in [4.78, 5) is 0. The lowest BCUT2D eigenvalue weighted by Gasteiger charge is -2.09. The number of hydrogen-bond acceptors (Lipinski definition) is 4. The molecule has 1 atom stereocenters. The first-order chi connectivity index (χ1) is 6.37. The number of sulfone groups is 1. The van der Waals surface area contributed by atoms with Gasteiger partial charge in [-0.25, -0.2) is 8.42 Å². The standard InChI is InChI=1S/C8H15N3O2S/c1-7(6-14(2,12)13)4-11-5-8(9)3-10-11/h3,5,7H,4,6,9H2,1-2H3. The Bertz CT molecular complexity index is 396. The summed E-state index contributed by atoms with van der Waals surface area (Å²) in [6.07, 6.45) is 4.48. The summed E-state index contributed by atoms with van der Waals surface area (Å²) in [6, 6.07) is 0. The van der Waals surface area contributed by atoms with E-state index in [-0.39, 0.29) is 11.7 Å². The van der Waals surface area contributed by atoms with E-state index in [4.69, 9.17) is 5.73 Å². The second-order valence-corrected chi connectivity index (χ2v) is 5.88. The number of nitrogens with two attached hydrogens (primary N) is 1. The minimum absolute atomic E-state index is 0.0456. The van der Waals surface area contributed by atoms with Crippen molar-refractivity contribution in [2.75, 3.05) is 17.7 Å². The number of nitrogens with zero attached hydrogens (tertiary/aromatic N) is 2. The van der Waals surface area contributed by atoms with Gasteiger partial charge in [0.05, 0.1) is 17.6 Å². The van der Waals surface area contributed by atoms with Crippen molar-refractivity contribution in [3.63, 3.8) is 0 Å². The zero-order chi connectivity index (χ0) is 10.8. The zero-order valence-corrected chi connectivity index (χ0v) is 9.16. The van der Waals surface area contributed by atoms with Crippen LogP contribution in [0.4, 0.5) is 5.69 Å². The van der Waals surface area contributed by atoms with Gasteiger partial charge < -0.3 is 5.73 Å². The van der Waals surface area contributed by atoms with E-state index in [1.54, 1.807) is 17.1 Å². The molecule has 1 aromatic heterocycles. The van der Waals surface area contributed by atoms with Crippen LogP contribution in [0.25, 0.3) is 0 Å². The van der Waals surface area contributed by atoms with E-state index in [2.05, 4.69) is 5.10 Å². The average molecular weight is 217 g/mol. The molecule has 6 heteroatoms. The van der Waals surface area contributed by atoms with E-state index in [1.807, 2.05) is 6.92 Å². The number of rotatable bonds is 4. The molecule has 0 saturated carbocycles. The Morgan fingerprint density at radius 1 is 1.64 bits per heavy atom. The van der Waals surface area contributed by atoms with Crippen LogP contribution >= 0.6 is 0 Å². The van der Waals surface area contributed by atoms with Crippen molar-refractivity contribution in [3.8, 4) is 0 Å². The normalized spacial score (nSPS) is 14.1. The van der Waals surface area contributed by atoms with Crippen LogP contribution < -0.4 is 5.73 Å². The van der Waals surface area contributed by atoms with Crippen LogP contribution in [-0.2, 0) is 16.4 Å². The molecule has 0 amide bonds. The van der Waals surface area contributed by atoms with Crippen molar-refractivity contribution in [3.05, 3.63) is 12.4 Å². The average Bonchev–Trinajstić information content (AvgIpc) is 2.30. The molecule has 14 heavy (non-hydrogen) atoms. The van der Waals surface area contributed by atoms with Crippen molar-refractivity contribution in [1.82, 2.24) is 9.78 Å². The Balaban J connectivity index is 2.53. The van der Waals surface area contributed by atoms with Crippen molar-refractivity contribution in [1.29, 1.82) is 0 Å². The maximum absolute atomic E-state index is 11.0. The van der Waals surface area contributed by atoms with Gasteiger partial charge in [-0.05, 0) is 5.92 Å². The number of hydrogen-bond donors (Lipinski definition) is 1. The lowest BCUT2D eigenvalue weighted by atomic mass is 10.2. The predicted molar refractivity (Wildman–Crippen MR) is 55.5 cm³/mol. The number of aromatic nitrogens is 2. The van der Waals surface area contributed by atoms with Gasteiger partial charge in [0.1, 0.15) is 9.84 Å². The molecule has 2 N–H and O–H groups in total. The zero-order valence-electron chi connectivity index (χ0n) is 8.34. The molecule has 1 unspecified atom stereocenters. The molecule has 0 aliphatic carbocycles. The first-order valence-corrected chi connectivity index (χ1v) is 6.38. The minimum atomic E-state index is -2.91. The van der Waals surface area contributed by atoms with Gasteiger partial charge in [-0.1, -0.05) is 6.92 Å². The van der Waals surface area contributed by atoms with Gasteiger partial charge >= 0.3 is 0 Å². The van der Waals surface area contributed by atoms with E-state index >= 15 is 0 Å². The summed E-state index contributed by atoms with van der Waals surface area (Å²) >= 11 is 0. The van der Waals surface area contributed by atoms with Gasteiger partial charge in [-0.15, -0.1) is 0 Å². The summed E-state index contributed by atoms with van der Waals surface area (Å²) < 4.78 is 23.6. The fraction of sp³-hybridized carbons (Fsp3) is 0.625. The molecule has 0 saturated heterocycles. The Labute approximate surface area is 83.8 Å². The largest absolute Gasteiger partial charge is 0.396 e. The molecular weight excluding hydrogens is 202 g/mol. The molecule has 0 aliphatic heterocycles. The van der Waals surface area contributed by atoms with E-state index in [9.17, 15) is 8.42 Å². The fourth-order valence-corrected chi connectivity index (χ4v) is 2.51. The lowest BCUT2D eigenvalue weighted by Crippen LogP contribution is -2.17. The molecule has 0 radical (unpaired) electrons. The minimum Gasteiger partial charge on any atom is -0.396 e. The van der Waals surface area contributed by atoms with E-state index in [0.29, 0.717) is 12.2 Å². The Morgan fingerprint density at radius 2 is 2.29 bits per heavy atom. The highest BCUT2D eigenvalue weighted by Crippen LogP contribution is 2.05. The SMILES string of the molecule is CC(Cn1cc(N)cn1)CS(C)(=O)=O. The highest BCUT2D eigenvalue weighted by atomic mass is 32.2. The van der Waals surface area contributed by atoms with Crippen molar-refractivity contribution in [2.24, 2.45) is 5.92 Å². The molecule has 0 spiro atoms. The molecular formula is C8H15N3O2S. The van der Waals surface area contributed by atoms with E-state index in [1.165, 1.54) is 6.26 Å². The van der Waals surface area contributed by atoms with Gasteiger partial charge in [0, 0.05) is 19.0 Å². The van der Waals surface area contributed by atoms with E-state index in [0.717, 1.165) is 0 Å². The number of nitrogen functional groups attached to an aromatic ring is 1. The second kappa shape index (κ2) is 4.00. The Kier molecular flexibility index (Phi) is 3.15. The topological polar surface area (TPSA) is 78.0 Å². The van der Waals surface area contributed by atoms with Crippen LogP contribution in [0, 0.1) is 5.92 Å². The van der Waals surface area contributed by atoms with Crippen LogP contribution in [0.1, 0.15) is 6.92 Å². The first-order valence-electron chi connectivity index (χ1n) is 4.32. The Morgan fingerprint density at radius 3 is 2.71 bits per heavy atom. The molecule has 5 nitrogen and oxygen atoms in total. The van der Waals surface area contributed by atoms with Crippen molar-refractivity contribution >= 4 is 15.5 Å². The van der Waals surface area contributed by atoms with Gasteiger partial charge in [-0.2, -0.15) is 5.10 Å². The molecule has 1 heterocycles. The number of anilines is 1. The van der Waals surface area contributed by atoms with Gasteiger partial charge in [-0.3, -0.25) is 4.68 Å². The molecule has 0 fully saturated rings. The fourth-order valence-electron chi connectivity index (χ4n) is 1.37. The molecule has 1 rings (SSSR count). The van der Waals surface area contributed by atoms with E-state index < -0.39 is 9.84 Å². The van der Waals surface area contributed by atoms with Crippen LogP contribution in [0.5, 0.6) is 0 Å². The summed E-state index contributed by atoms with van der Waals surface area (Å²) in [6.45, 7) is 2.45. The third-order valence-electron chi connectivity index (χ3n) is 1.74. The van der Waals surface area contributed by atoms with Crippen molar-refractivity contribution in [2.45, 2.75) is 13.5 Å². The molecule has 80 valence electrons. The monoisotopic (exact) mass is 217 g/mol. The summed E-state index contributed by atoms with van der Waals surface area (Å²) in [5.41, 5.74) is 6.07. The summed E-state index contributed by atoms with van der Waals surface area (Å²) in [5.74, 6) is 0.219. The van der Waals surface area contributed by atoms with Gasteiger partial charge in [0.25, 0.3) is 0 Å². The quantitative estimate of drug-likeness (QED) is 0.778. The molecule has 0 aliphatic rings. The Hall–Kier alpha value is -1.04. The summed E-state index contributed by atoms with van der Waals surface area (Å²) in [5, 5.41) is 3.98. The molecule has 0 bridgehead atoms. The van der Waals surface area contributed by atoms with Crippen molar-refractivity contribution < 1.29 is 8.42 Å². The van der Waals surface area contributed by atoms with Gasteiger partial charge in [0.15, 0.2) is 0 Å². The molecule has 0 aromatic carbocycles. The first kappa shape index (κ1) is 11.0. The maximum atomic E-state index is 11.0. The molecule has 1 aromatic rings. The lowest BCUT2D eigenvalue weighted by molar-refractivity contribution is 0.478. The maximum Gasteiger partial charge on any atom is 0.147 e. The third-order valence-corrected chi connectivity index (χ3v) is 2.91. The highest BCUT2D eigenvalue weighted by Gasteiger charge is 2.11. The van der Waals surface area contributed by atoms with Gasteiger partial charge in [0.2, 0.25) is 0 Å². The summed E-state index contributed by atoms with van der Waals surface area (Å²) in [7, 11) is -2.91. The highest BCUT2D eigenvalue weighted by molar-refractivity contribution is 7.90. The van der Waals surface area contributed by atoms with Crippen LogP contribution in [0.2, 0.25) is 0 Å². The van der Waals surface area contributed by atoms with Crippen LogP contribution in [0.3, 0.4) is 0 Å². The smallest absolute Gasteiger partial charge is 0.147 e. The third kappa shape index (κ3) is 3.78. The van der Waals surface area contributed by atoms with Crippen LogP contribution in [0.15, 0.2) is 12.4 Å².